The minimum Gasteiger partial charge on any atom is -0.477 e. The zero-order valence-corrected chi connectivity index (χ0v) is 12.4. The van der Waals surface area contributed by atoms with Crippen molar-refractivity contribution in [2.45, 2.75) is 45.2 Å². The lowest BCUT2D eigenvalue weighted by Gasteiger charge is -2.27. The molecule has 0 bridgehead atoms. The summed E-state index contributed by atoms with van der Waals surface area (Å²) in [6.07, 6.45) is 3.05. The molecule has 112 valence electrons. The largest absolute Gasteiger partial charge is 0.477 e. The third kappa shape index (κ3) is 2.51. The first-order valence-electron chi connectivity index (χ1n) is 7.40. The Hall–Kier alpha value is -1.95. The van der Waals surface area contributed by atoms with Gasteiger partial charge >= 0.3 is 5.97 Å². The third-order valence-electron chi connectivity index (χ3n) is 4.22. The van der Waals surface area contributed by atoms with Crippen LogP contribution in [0.2, 0.25) is 0 Å². The molecule has 0 radical (unpaired) electrons. The predicted octanol–water partition coefficient (Wildman–Crippen LogP) is 1.84. The maximum Gasteiger partial charge on any atom is 0.352 e. The predicted molar refractivity (Wildman–Crippen MR) is 78.5 cm³/mol. The van der Waals surface area contributed by atoms with E-state index in [9.17, 15) is 9.90 Å². The molecular formula is C15H20N4O2. The molecule has 1 saturated heterocycles. The second-order valence-corrected chi connectivity index (χ2v) is 5.86. The average Bonchev–Trinajstić information content (AvgIpc) is 3.06. The number of nitrogens with zero attached hydrogens (tertiary/aromatic N) is 4. The highest BCUT2D eigenvalue weighted by Crippen LogP contribution is 2.23. The number of hydrogen-bond acceptors (Lipinski definition) is 4. The Morgan fingerprint density at radius 1 is 1.43 bits per heavy atom. The fourth-order valence-corrected chi connectivity index (χ4v) is 3.27. The van der Waals surface area contributed by atoms with Gasteiger partial charge in [-0.3, -0.25) is 9.30 Å². The summed E-state index contributed by atoms with van der Waals surface area (Å²) in [7, 11) is 0. The van der Waals surface area contributed by atoms with Crippen molar-refractivity contribution in [3.8, 4) is 0 Å². The Kier molecular flexibility index (Phi) is 3.63. The lowest BCUT2D eigenvalue weighted by molar-refractivity contribution is 0.0688. The van der Waals surface area contributed by atoms with Crippen LogP contribution < -0.4 is 0 Å². The number of aromatic carboxylic acids is 1. The van der Waals surface area contributed by atoms with Crippen molar-refractivity contribution < 1.29 is 9.90 Å². The van der Waals surface area contributed by atoms with E-state index in [-0.39, 0.29) is 5.69 Å². The molecule has 1 aliphatic rings. The van der Waals surface area contributed by atoms with E-state index in [4.69, 9.17) is 0 Å². The number of likely N-dealkylation sites (tertiary alicyclic amines) is 1. The van der Waals surface area contributed by atoms with Gasteiger partial charge in [0.1, 0.15) is 11.5 Å². The van der Waals surface area contributed by atoms with Crippen molar-refractivity contribution in [1.29, 1.82) is 0 Å². The van der Waals surface area contributed by atoms with Crippen LogP contribution >= 0.6 is 0 Å². The van der Waals surface area contributed by atoms with Crippen LogP contribution in [-0.4, -0.2) is 49.2 Å². The fraction of sp³-hybridized carbons (Fsp3) is 0.533. The van der Waals surface area contributed by atoms with Crippen molar-refractivity contribution in [3.05, 3.63) is 29.7 Å². The molecule has 0 spiro atoms. The highest BCUT2D eigenvalue weighted by atomic mass is 16.4. The molecule has 0 aliphatic carbocycles. The van der Waals surface area contributed by atoms with Gasteiger partial charge in [0, 0.05) is 18.5 Å². The molecule has 1 aliphatic heterocycles. The minimum absolute atomic E-state index is 0.224. The first kappa shape index (κ1) is 14.0. The van der Waals surface area contributed by atoms with E-state index in [0.717, 1.165) is 25.2 Å². The van der Waals surface area contributed by atoms with Crippen LogP contribution in [-0.2, 0) is 6.42 Å². The molecule has 6 nitrogen and oxygen atoms in total. The molecule has 3 heterocycles. The zero-order chi connectivity index (χ0) is 15.0. The molecule has 1 fully saturated rings. The van der Waals surface area contributed by atoms with E-state index >= 15 is 0 Å². The number of rotatable bonds is 4. The average molecular weight is 288 g/mol. The second kappa shape index (κ2) is 5.44. The lowest BCUT2D eigenvalue weighted by atomic mass is 10.1. The maximum absolute atomic E-state index is 11.4. The summed E-state index contributed by atoms with van der Waals surface area (Å²) in [5.74, 6) is -0.214. The van der Waals surface area contributed by atoms with Crippen LogP contribution in [0.3, 0.4) is 0 Å². The summed E-state index contributed by atoms with van der Waals surface area (Å²) in [5, 5.41) is 17.7. The zero-order valence-electron chi connectivity index (χ0n) is 12.4. The Labute approximate surface area is 123 Å². The summed E-state index contributed by atoms with van der Waals surface area (Å²) in [6.45, 7) is 5.50. The van der Waals surface area contributed by atoms with Crippen LogP contribution in [0.1, 0.15) is 43.0 Å². The van der Waals surface area contributed by atoms with Gasteiger partial charge in [-0.25, -0.2) is 4.79 Å². The van der Waals surface area contributed by atoms with Gasteiger partial charge in [0.05, 0.1) is 0 Å². The van der Waals surface area contributed by atoms with Crippen molar-refractivity contribution in [1.82, 2.24) is 19.5 Å². The first-order chi connectivity index (χ1) is 10.1. The van der Waals surface area contributed by atoms with E-state index in [1.807, 2.05) is 0 Å². The van der Waals surface area contributed by atoms with Crippen LogP contribution in [0.25, 0.3) is 5.65 Å². The van der Waals surface area contributed by atoms with E-state index in [2.05, 4.69) is 28.9 Å². The topological polar surface area (TPSA) is 70.7 Å². The standard InChI is InChI=1S/C15H20N4O2/c1-10(2)18-8-4-5-11(18)9-14-17-16-13-7-3-6-12(15(20)21)19(13)14/h3,6-7,10-11H,4-5,8-9H2,1-2H3,(H,20,21). The smallest absolute Gasteiger partial charge is 0.352 e. The number of pyridine rings is 1. The van der Waals surface area contributed by atoms with Crippen LogP contribution in [0.4, 0.5) is 0 Å². The van der Waals surface area contributed by atoms with Gasteiger partial charge in [-0.2, -0.15) is 0 Å². The van der Waals surface area contributed by atoms with Crippen LogP contribution in [0.5, 0.6) is 0 Å². The molecule has 0 amide bonds. The van der Waals surface area contributed by atoms with E-state index in [0.29, 0.717) is 17.7 Å². The van der Waals surface area contributed by atoms with E-state index in [1.54, 1.807) is 22.6 Å². The van der Waals surface area contributed by atoms with Crippen molar-refractivity contribution in [2.75, 3.05) is 6.54 Å². The summed E-state index contributed by atoms with van der Waals surface area (Å²) in [4.78, 5) is 13.9. The van der Waals surface area contributed by atoms with Crippen LogP contribution in [0.15, 0.2) is 18.2 Å². The third-order valence-corrected chi connectivity index (χ3v) is 4.22. The highest BCUT2D eigenvalue weighted by Gasteiger charge is 2.28. The SMILES string of the molecule is CC(C)N1CCCC1Cc1nnc2cccc(C(=O)O)n12. The number of fused-ring (bicyclic) bond motifs is 1. The Balaban J connectivity index is 1.96. The highest BCUT2D eigenvalue weighted by molar-refractivity contribution is 5.86. The number of hydrogen-bond donors (Lipinski definition) is 1. The summed E-state index contributed by atoms with van der Waals surface area (Å²) in [5.41, 5.74) is 0.820. The molecule has 0 aromatic carbocycles. The van der Waals surface area contributed by atoms with Gasteiger partial charge in [-0.1, -0.05) is 6.07 Å². The first-order valence-corrected chi connectivity index (χ1v) is 7.40. The molecule has 6 heteroatoms. The molecule has 1 N–H and O–H groups in total. The molecular weight excluding hydrogens is 268 g/mol. The number of carboxylic acids is 1. The molecule has 3 rings (SSSR count). The molecule has 0 saturated carbocycles. The van der Waals surface area contributed by atoms with Gasteiger partial charge < -0.3 is 5.11 Å². The maximum atomic E-state index is 11.4. The van der Waals surface area contributed by atoms with Crippen molar-refractivity contribution in [2.24, 2.45) is 0 Å². The molecule has 21 heavy (non-hydrogen) atoms. The van der Waals surface area contributed by atoms with E-state index in [1.165, 1.54) is 6.42 Å². The van der Waals surface area contributed by atoms with E-state index < -0.39 is 5.97 Å². The van der Waals surface area contributed by atoms with Crippen molar-refractivity contribution >= 4 is 11.6 Å². The summed E-state index contributed by atoms with van der Waals surface area (Å²) >= 11 is 0. The minimum atomic E-state index is -0.950. The monoisotopic (exact) mass is 288 g/mol. The van der Waals surface area contributed by atoms with Gasteiger partial charge in [0.25, 0.3) is 0 Å². The van der Waals surface area contributed by atoms with Crippen LogP contribution in [0, 0.1) is 0 Å². The summed E-state index contributed by atoms with van der Waals surface area (Å²) < 4.78 is 1.67. The number of carbonyl (C=O) groups is 1. The van der Waals surface area contributed by atoms with Crippen molar-refractivity contribution in [3.63, 3.8) is 0 Å². The second-order valence-electron chi connectivity index (χ2n) is 5.86. The molecule has 2 aromatic rings. The Morgan fingerprint density at radius 2 is 2.24 bits per heavy atom. The summed E-state index contributed by atoms with van der Waals surface area (Å²) in [6, 6.07) is 6.00. The Morgan fingerprint density at radius 3 is 2.95 bits per heavy atom. The van der Waals surface area contributed by atoms with Gasteiger partial charge in [0.15, 0.2) is 5.65 Å². The molecule has 1 atom stereocenters. The van der Waals surface area contributed by atoms with Gasteiger partial charge in [0.2, 0.25) is 0 Å². The quantitative estimate of drug-likeness (QED) is 0.929. The number of aromatic nitrogens is 3. The molecule has 2 aromatic heterocycles. The van der Waals surface area contributed by atoms with Gasteiger partial charge in [-0.15, -0.1) is 10.2 Å². The fourth-order valence-electron chi connectivity index (χ4n) is 3.27. The Bertz CT molecular complexity index is 665. The number of carboxylic acid groups (broad SMARTS) is 1. The van der Waals surface area contributed by atoms with Gasteiger partial charge in [-0.05, 0) is 45.4 Å². The lowest BCUT2D eigenvalue weighted by Crippen LogP contribution is -2.37. The molecule has 1 unspecified atom stereocenters. The normalized spacial score (nSPS) is 19.7.